The van der Waals surface area contributed by atoms with Gasteiger partial charge in [-0.15, -0.1) is 11.8 Å². The molecule has 0 radical (unpaired) electrons. The van der Waals surface area contributed by atoms with E-state index in [1.54, 1.807) is 12.4 Å². The zero-order valence-corrected chi connectivity index (χ0v) is 11.2. The van der Waals surface area contributed by atoms with Crippen LogP contribution in [0.15, 0.2) is 23.6 Å². The smallest absolute Gasteiger partial charge is 0.115 e. The Kier molecular flexibility index (Phi) is 5.26. The Morgan fingerprint density at radius 2 is 2.35 bits per heavy atom. The number of rotatable bonds is 5. The molecule has 1 aliphatic carbocycles. The summed E-state index contributed by atoms with van der Waals surface area (Å²) in [6.07, 6.45) is 11.8. The molecule has 0 aliphatic heterocycles. The fourth-order valence-electron chi connectivity index (χ4n) is 2.30. The molecule has 3 nitrogen and oxygen atoms in total. The number of aromatic nitrogens is 2. The largest absolute Gasteiger partial charge is 0.314 e. The van der Waals surface area contributed by atoms with Gasteiger partial charge in [-0.25, -0.2) is 4.98 Å². The summed E-state index contributed by atoms with van der Waals surface area (Å²) in [4.78, 5) is 8.46. The third-order valence-electron chi connectivity index (χ3n) is 3.14. The van der Waals surface area contributed by atoms with Crippen LogP contribution in [0.3, 0.4) is 0 Å². The number of hydrogen-bond acceptors (Lipinski definition) is 4. The summed E-state index contributed by atoms with van der Waals surface area (Å²) >= 11 is 1.89. The maximum Gasteiger partial charge on any atom is 0.115 e. The van der Waals surface area contributed by atoms with Gasteiger partial charge in [0.2, 0.25) is 0 Å². The van der Waals surface area contributed by atoms with Crippen molar-refractivity contribution in [3.63, 3.8) is 0 Å². The van der Waals surface area contributed by atoms with E-state index in [4.69, 9.17) is 0 Å². The Bertz CT molecular complexity index is 318. The predicted octanol–water partition coefficient (Wildman–Crippen LogP) is 2.88. The van der Waals surface area contributed by atoms with Gasteiger partial charge in [0.15, 0.2) is 0 Å². The van der Waals surface area contributed by atoms with Gasteiger partial charge in [-0.1, -0.05) is 13.3 Å². The molecule has 1 saturated carbocycles. The molecule has 1 aromatic heterocycles. The van der Waals surface area contributed by atoms with Crippen molar-refractivity contribution >= 4 is 11.8 Å². The van der Waals surface area contributed by atoms with Crippen molar-refractivity contribution in [1.82, 2.24) is 15.3 Å². The third kappa shape index (κ3) is 4.28. The molecule has 17 heavy (non-hydrogen) atoms. The molecule has 1 aliphatic rings. The van der Waals surface area contributed by atoms with Crippen LogP contribution in [0, 0.1) is 0 Å². The van der Waals surface area contributed by atoms with Crippen molar-refractivity contribution in [3.8, 4) is 0 Å². The average Bonchev–Trinajstić information content (AvgIpc) is 2.38. The molecule has 1 N–H and O–H groups in total. The molecule has 0 saturated heterocycles. The fraction of sp³-hybridized carbons (Fsp3) is 0.692. The van der Waals surface area contributed by atoms with Gasteiger partial charge >= 0.3 is 0 Å². The summed E-state index contributed by atoms with van der Waals surface area (Å²) in [5, 5.41) is 5.40. The van der Waals surface area contributed by atoms with E-state index in [9.17, 15) is 0 Å². The maximum absolute atomic E-state index is 4.34. The number of thioether (sulfide) groups is 1. The predicted molar refractivity (Wildman–Crippen MR) is 72.2 cm³/mol. The minimum absolute atomic E-state index is 0.704. The summed E-state index contributed by atoms with van der Waals surface area (Å²) in [5.74, 6) is 0. The second-order valence-electron chi connectivity index (χ2n) is 4.60. The standard InChI is InChI=1S/C13H21N3S/c1-2-6-15-11-4-3-5-12(9-11)17-13-10-14-7-8-16-13/h7-8,10-12,15H,2-6,9H2,1H3. The zero-order valence-electron chi connectivity index (χ0n) is 10.4. The molecule has 0 amide bonds. The Labute approximate surface area is 108 Å². The molecule has 0 spiro atoms. The molecule has 1 aromatic rings. The second-order valence-corrected chi connectivity index (χ2v) is 5.92. The topological polar surface area (TPSA) is 37.8 Å². The third-order valence-corrected chi connectivity index (χ3v) is 4.35. The summed E-state index contributed by atoms with van der Waals surface area (Å²) < 4.78 is 0. The van der Waals surface area contributed by atoms with Crippen LogP contribution < -0.4 is 5.32 Å². The number of hydrogen-bond donors (Lipinski definition) is 1. The van der Waals surface area contributed by atoms with Crippen LogP contribution in [0.25, 0.3) is 0 Å². The van der Waals surface area contributed by atoms with Crippen LogP contribution in [0.4, 0.5) is 0 Å². The summed E-state index contributed by atoms with van der Waals surface area (Å²) in [6.45, 7) is 3.37. The zero-order chi connectivity index (χ0) is 11.9. The van der Waals surface area contributed by atoms with Gasteiger partial charge in [0.1, 0.15) is 5.03 Å². The van der Waals surface area contributed by atoms with E-state index in [2.05, 4.69) is 22.2 Å². The lowest BCUT2D eigenvalue weighted by Crippen LogP contribution is -2.35. The second kappa shape index (κ2) is 6.97. The molecule has 0 aromatic carbocycles. The highest BCUT2D eigenvalue weighted by Crippen LogP contribution is 2.32. The van der Waals surface area contributed by atoms with Crippen LogP contribution in [-0.4, -0.2) is 27.8 Å². The van der Waals surface area contributed by atoms with Crippen LogP contribution in [-0.2, 0) is 0 Å². The minimum Gasteiger partial charge on any atom is -0.314 e. The minimum atomic E-state index is 0.704. The van der Waals surface area contributed by atoms with Gasteiger partial charge in [0.05, 0.1) is 6.20 Å². The summed E-state index contributed by atoms with van der Waals surface area (Å²) in [5.41, 5.74) is 0. The van der Waals surface area contributed by atoms with Crippen molar-refractivity contribution in [2.45, 2.75) is 55.3 Å². The van der Waals surface area contributed by atoms with Crippen molar-refractivity contribution < 1.29 is 0 Å². The summed E-state index contributed by atoms with van der Waals surface area (Å²) in [7, 11) is 0. The highest BCUT2D eigenvalue weighted by Gasteiger charge is 2.22. The normalized spacial score (nSPS) is 24.8. The van der Waals surface area contributed by atoms with Crippen molar-refractivity contribution in [1.29, 1.82) is 0 Å². The first kappa shape index (κ1) is 12.8. The SMILES string of the molecule is CCCNC1CCCC(Sc2cnccn2)C1. The highest BCUT2D eigenvalue weighted by molar-refractivity contribution is 7.99. The van der Waals surface area contributed by atoms with E-state index in [1.807, 2.05) is 18.0 Å². The molecular weight excluding hydrogens is 230 g/mol. The lowest BCUT2D eigenvalue weighted by Gasteiger charge is -2.29. The molecule has 4 heteroatoms. The van der Waals surface area contributed by atoms with Crippen LogP contribution in [0.2, 0.25) is 0 Å². The molecule has 2 atom stereocenters. The molecule has 0 bridgehead atoms. The van der Waals surface area contributed by atoms with E-state index in [1.165, 1.54) is 32.1 Å². The van der Waals surface area contributed by atoms with Crippen LogP contribution >= 0.6 is 11.8 Å². The van der Waals surface area contributed by atoms with Crippen molar-refractivity contribution in [2.75, 3.05) is 6.54 Å². The molecule has 1 heterocycles. The van der Waals surface area contributed by atoms with Gasteiger partial charge in [-0.05, 0) is 32.2 Å². The Balaban J connectivity index is 1.81. The maximum atomic E-state index is 4.34. The first-order chi connectivity index (χ1) is 8.38. The van der Waals surface area contributed by atoms with Crippen molar-refractivity contribution in [3.05, 3.63) is 18.6 Å². The van der Waals surface area contributed by atoms with Gasteiger partial charge in [0.25, 0.3) is 0 Å². The lowest BCUT2D eigenvalue weighted by molar-refractivity contribution is 0.381. The first-order valence-corrected chi connectivity index (χ1v) is 7.42. The Hall–Kier alpha value is -0.610. The van der Waals surface area contributed by atoms with E-state index in [0.717, 1.165) is 11.6 Å². The van der Waals surface area contributed by atoms with Crippen molar-refractivity contribution in [2.24, 2.45) is 0 Å². The number of nitrogens with one attached hydrogen (secondary N) is 1. The Morgan fingerprint density at radius 1 is 1.41 bits per heavy atom. The van der Waals surface area contributed by atoms with E-state index < -0.39 is 0 Å². The molecule has 2 unspecified atom stereocenters. The lowest BCUT2D eigenvalue weighted by atomic mass is 9.95. The molecule has 1 fully saturated rings. The van der Waals surface area contributed by atoms with E-state index in [-0.39, 0.29) is 0 Å². The average molecular weight is 251 g/mol. The van der Waals surface area contributed by atoms with Gasteiger partial charge in [0, 0.05) is 23.7 Å². The molecule has 2 rings (SSSR count). The van der Waals surface area contributed by atoms with Gasteiger partial charge in [-0.2, -0.15) is 0 Å². The molecule has 94 valence electrons. The van der Waals surface area contributed by atoms with Crippen LogP contribution in [0.1, 0.15) is 39.0 Å². The first-order valence-electron chi connectivity index (χ1n) is 6.54. The molecular formula is C13H21N3S. The van der Waals surface area contributed by atoms with Gasteiger partial charge in [-0.3, -0.25) is 4.98 Å². The quantitative estimate of drug-likeness (QED) is 0.873. The highest BCUT2D eigenvalue weighted by atomic mass is 32.2. The number of nitrogens with zero attached hydrogens (tertiary/aromatic N) is 2. The van der Waals surface area contributed by atoms with Gasteiger partial charge < -0.3 is 5.32 Å². The summed E-state index contributed by atoms with van der Waals surface area (Å²) in [6, 6.07) is 0.706. The fourth-order valence-corrected chi connectivity index (χ4v) is 3.50. The van der Waals surface area contributed by atoms with E-state index >= 15 is 0 Å². The van der Waals surface area contributed by atoms with Crippen LogP contribution in [0.5, 0.6) is 0 Å². The Morgan fingerprint density at radius 3 is 3.12 bits per heavy atom. The monoisotopic (exact) mass is 251 g/mol. The van der Waals surface area contributed by atoms with E-state index in [0.29, 0.717) is 11.3 Å².